The predicted octanol–water partition coefficient (Wildman–Crippen LogP) is 3.09. The zero-order valence-corrected chi connectivity index (χ0v) is 19.1. The Bertz CT molecular complexity index is 1440. The number of alkyl halides is 3. The van der Waals surface area contributed by atoms with E-state index in [9.17, 15) is 22.8 Å². The minimum absolute atomic E-state index is 0.000720. The first kappa shape index (κ1) is 24.4. The van der Waals surface area contributed by atoms with Crippen molar-refractivity contribution in [1.82, 2.24) is 34.1 Å². The van der Waals surface area contributed by atoms with E-state index in [0.717, 1.165) is 13.9 Å². The first-order chi connectivity index (χ1) is 16.5. The summed E-state index contributed by atoms with van der Waals surface area (Å²) in [6, 6.07) is 7.57. The summed E-state index contributed by atoms with van der Waals surface area (Å²) in [6.45, 7) is -1.01. The lowest BCUT2D eigenvalue weighted by Crippen LogP contribution is -2.27. The molecule has 3 aromatic heterocycles. The minimum Gasteiger partial charge on any atom is -0.363 e. The fraction of sp³-hybridized carbons (Fsp3) is 0.200. The van der Waals surface area contributed by atoms with E-state index in [-0.39, 0.29) is 34.7 Å². The van der Waals surface area contributed by atoms with Crippen LogP contribution in [-0.4, -0.2) is 46.2 Å². The van der Waals surface area contributed by atoms with Gasteiger partial charge in [0.25, 0.3) is 5.91 Å². The van der Waals surface area contributed by atoms with Crippen LogP contribution < -0.4 is 11.4 Å². The molecule has 10 nitrogen and oxygen atoms in total. The van der Waals surface area contributed by atoms with Crippen molar-refractivity contribution >= 4 is 29.1 Å². The zero-order valence-electron chi connectivity index (χ0n) is 17.6. The number of nitrogens with two attached hydrogens (primary N) is 1. The summed E-state index contributed by atoms with van der Waals surface area (Å²) >= 11 is 12.0. The largest absolute Gasteiger partial charge is 0.390 e. The molecule has 2 N–H and O–H groups in total. The first-order valence-corrected chi connectivity index (χ1v) is 10.6. The molecule has 35 heavy (non-hydrogen) atoms. The van der Waals surface area contributed by atoms with Crippen molar-refractivity contribution in [3.8, 4) is 17.1 Å². The Morgan fingerprint density at radius 1 is 1.09 bits per heavy atom. The number of aromatic nitrogens is 7. The molecule has 0 aliphatic heterocycles. The molecular weight excluding hydrogens is 512 g/mol. The Morgan fingerprint density at radius 3 is 2.43 bits per heavy atom. The van der Waals surface area contributed by atoms with Gasteiger partial charge in [0.15, 0.2) is 11.6 Å². The molecular formula is C20H15Cl2F3N8O2. The van der Waals surface area contributed by atoms with Crippen LogP contribution in [-0.2, 0) is 13.1 Å². The van der Waals surface area contributed by atoms with Crippen molar-refractivity contribution < 1.29 is 18.0 Å². The van der Waals surface area contributed by atoms with Crippen molar-refractivity contribution in [2.45, 2.75) is 25.7 Å². The lowest BCUT2D eigenvalue weighted by molar-refractivity contribution is -0.136. The van der Waals surface area contributed by atoms with E-state index in [1.807, 2.05) is 0 Å². The highest BCUT2D eigenvalue weighted by molar-refractivity contribution is 6.32. The number of pyridine rings is 1. The molecule has 0 fully saturated rings. The SMILES string of the molecule is NC(=O)c1nc(Cn2nc(-c3ccc(Cl)cc3)n(CCC(F)(F)F)c2=O)nn1-c1cnccc1Cl. The van der Waals surface area contributed by atoms with Crippen LogP contribution in [0.2, 0.25) is 10.0 Å². The molecule has 0 saturated carbocycles. The maximum atomic E-state index is 13.0. The van der Waals surface area contributed by atoms with Crippen molar-refractivity contribution in [3.05, 3.63) is 74.9 Å². The van der Waals surface area contributed by atoms with Gasteiger partial charge >= 0.3 is 11.9 Å². The molecule has 4 rings (SSSR count). The van der Waals surface area contributed by atoms with E-state index in [1.165, 1.54) is 42.7 Å². The van der Waals surface area contributed by atoms with E-state index in [1.54, 1.807) is 0 Å². The summed E-state index contributed by atoms with van der Waals surface area (Å²) in [5.74, 6) is -1.25. The van der Waals surface area contributed by atoms with Crippen LogP contribution in [0.25, 0.3) is 17.1 Å². The lowest BCUT2D eigenvalue weighted by Gasteiger charge is -2.08. The number of benzene rings is 1. The van der Waals surface area contributed by atoms with E-state index in [2.05, 4.69) is 20.2 Å². The number of carbonyl (C=O) groups is 1. The molecule has 0 aliphatic rings. The van der Waals surface area contributed by atoms with Crippen LogP contribution in [0.1, 0.15) is 22.9 Å². The van der Waals surface area contributed by atoms with Gasteiger partial charge in [-0.1, -0.05) is 23.2 Å². The van der Waals surface area contributed by atoms with Gasteiger partial charge in [-0.25, -0.2) is 19.1 Å². The number of halogens is 5. The highest BCUT2D eigenvalue weighted by atomic mass is 35.5. The third-order valence-electron chi connectivity index (χ3n) is 4.78. The maximum Gasteiger partial charge on any atom is 0.390 e. The molecule has 182 valence electrons. The predicted molar refractivity (Wildman–Crippen MR) is 119 cm³/mol. The van der Waals surface area contributed by atoms with Gasteiger partial charge in [0.1, 0.15) is 12.2 Å². The molecule has 0 aliphatic carbocycles. The lowest BCUT2D eigenvalue weighted by atomic mass is 10.2. The third-order valence-corrected chi connectivity index (χ3v) is 5.35. The van der Waals surface area contributed by atoms with Gasteiger partial charge in [-0.05, 0) is 30.3 Å². The molecule has 15 heteroatoms. The topological polar surface area (TPSA) is 127 Å². The van der Waals surface area contributed by atoms with Crippen molar-refractivity contribution in [2.75, 3.05) is 0 Å². The normalized spacial score (nSPS) is 11.7. The average Bonchev–Trinajstić information content (AvgIpc) is 3.34. The van der Waals surface area contributed by atoms with Gasteiger partial charge in [0, 0.05) is 23.3 Å². The Morgan fingerprint density at radius 2 is 1.80 bits per heavy atom. The Labute approximate surface area is 204 Å². The monoisotopic (exact) mass is 526 g/mol. The number of primary amides is 1. The average molecular weight is 527 g/mol. The molecule has 4 aromatic rings. The van der Waals surface area contributed by atoms with Crippen LogP contribution >= 0.6 is 23.2 Å². The number of nitrogens with zero attached hydrogens (tertiary/aromatic N) is 7. The van der Waals surface area contributed by atoms with Gasteiger partial charge in [-0.2, -0.15) is 13.2 Å². The van der Waals surface area contributed by atoms with Crippen molar-refractivity contribution in [1.29, 1.82) is 0 Å². The Balaban J connectivity index is 1.76. The molecule has 0 radical (unpaired) electrons. The molecule has 0 unspecified atom stereocenters. The van der Waals surface area contributed by atoms with E-state index in [0.29, 0.717) is 10.6 Å². The number of carbonyl (C=O) groups excluding carboxylic acids is 1. The summed E-state index contributed by atoms with van der Waals surface area (Å²) in [7, 11) is 0. The van der Waals surface area contributed by atoms with Crippen LogP contribution in [0.4, 0.5) is 13.2 Å². The van der Waals surface area contributed by atoms with E-state index >= 15 is 0 Å². The molecule has 0 bridgehead atoms. The number of hydrogen-bond donors (Lipinski definition) is 1. The van der Waals surface area contributed by atoms with Gasteiger partial charge in [-0.15, -0.1) is 10.2 Å². The second-order valence-corrected chi connectivity index (χ2v) is 8.09. The van der Waals surface area contributed by atoms with Crippen molar-refractivity contribution in [2.24, 2.45) is 5.73 Å². The number of rotatable bonds is 7. The first-order valence-electron chi connectivity index (χ1n) is 9.89. The Hall–Kier alpha value is -3.71. The van der Waals surface area contributed by atoms with E-state index < -0.39 is 30.7 Å². The van der Waals surface area contributed by atoms with Crippen LogP contribution in [0.5, 0.6) is 0 Å². The summed E-state index contributed by atoms with van der Waals surface area (Å²) in [5, 5.41) is 8.98. The van der Waals surface area contributed by atoms with Crippen LogP contribution in [0.3, 0.4) is 0 Å². The molecule has 3 heterocycles. The number of hydrogen-bond acceptors (Lipinski definition) is 6. The summed E-state index contributed by atoms with van der Waals surface area (Å²) in [5.41, 5.74) is 5.18. The third kappa shape index (κ3) is 5.35. The smallest absolute Gasteiger partial charge is 0.363 e. The fourth-order valence-corrected chi connectivity index (χ4v) is 3.52. The molecule has 0 atom stereocenters. The van der Waals surface area contributed by atoms with Gasteiger partial charge in [0.2, 0.25) is 5.82 Å². The number of amides is 1. The van der Waals surface area contributed by atoms with Gasteiger partial charge in [-0.3, -0.25) is 14.3 Å². The van der Waals surface area contributed by atoms with Crippen molar-refractivity contribution in [3.63, 3.8) is 0 Å². The standard InChI is InChI=1S/C20H15Cl2F3N8O2/c21-12-3-1-11(2-4-12)17-30-32(19(35)31(17)8-6-20(23,24)25)10-15-28-18(16(26)34)33(29-15)14-9-27-7-5-13(14)22/h1-5,7,9H,6,8,10H2,(H2,26,34). The minimum atomic E-state index is -4.49. The molecule has 0 saturated heterocycles. The quantitative estimate of drug-likeness (QED) is 0.394. The highest BCUT2D eigenvalue weighted by Crippen LogP contribution is 2.24. The van der Waals surface area contributed by atoms with Crippen LogP contribution in [0, 0.1) is 0 Å². The highest BCUT2D eigenvalue weighted by Gasteiger charge is 2.29. The van der Waals surface area contributed by atoms with Gasteiger partial charge in [0.05, 0.1) is 17.6 Å². The summed E-state index contributed by atoms with van der Waals surface area (Å²) < 4.78 is 41.5. The zero-order chi connectivity index (χ0) is 25.3. The Kier molecular flexibility index (Phi) is 6.63. The van der Waals surface area contributed by atoms with Crippen LogP contribution in [0.15, 0.2) is 47.5 Å². The molecule has 1 aromatic carbocycles. The summed E-state index contributed by atoms with van der Waals surface area (Å²) in [4.78, 5) is 32.9. The maximum absolute atomic E-state index is 13.0. The molecule has 1 amide bonds. The van der Waals surface area contributed by atoms with E-state index in [4.69, 9.17) is 28.9 Å². The fourth-order valence-electron chi connectivity index (χ4n) is 3.20. The summed E-state index contributed by atoms with van der Waals surface area (Å²) in [6.07, 6.45) is -2.96. The second-order valence-electron chi connectivity index (χ2n) is 7.24. The second kappa shape index (κ2) is 9.50. The van der Waals surface area contributed by atoms with Gasteiger partial charge < -0.3 is 5.73 Å². The molecule has 0 spiro atoms.